The first-order valence-electron chi connectivity index (χ1n) is 9.94. The van der Waals surface area contributed by atoms with Crippen molar-refractivity contribution >= 4 is 33.3 Å². The molecule has 30 heavy (non-hydrogen) atoms. The average Bonchev–Trinajstić information content (AvgIpc) is 3.17. The van der Waals surface area contributed by atoms with Crippen molar-refractivity contribution in [2.45, 2.75) is 6.54 Å². The molecule has 148 valence electrons. The first kappa shape index (κ1) is 18.1. The molecule has 3 N–H and O–H groups in total. The van der Waals surface area contributed by atoms with E-state index in [0.717, 1.165) is 45.0 Å². The normalized spacial score (nSPS) is 11.0. The highest BCUT2D eigenvalue weighted by atomic mass is 16.5. The Labute approximate surface area is 174 Å². The topological polar surface area (TPSA) is 62.0 Å². The summed E-state index contributed by atoms with van der Waals surface area (Å²) < 4.78 is 5.93. The van der Waals surface area contributed by atoms with E-state index >= 15 is 0 Å². The summed E-state index contributed by atoms with van der Waals surface area (Å²) in [6.45, 7) is 0.661. The number of pyridine rings is 1. The number of hydrogen-bond acceptors (Lipinski definition) is 4. The number of rotatable bonds is 6. The Kier molecular flexibility index (Phi) is 4.69. The highest BCUT2D eigenvalue weighted by molar-refractivity contribution is 6.11. The highest BCUT2D eigenvalue weighted by Gasteiger charge is 2.09. The van der Waals surface area contributed by atoms with Crippen LogP contribution in [0.15, 0.2) is 85.1 Å². The summed E-state index contributed by atoms with van der Waals surface area (Å²) in [5.41, 5.74) is 4.33. The van der Waals surface area contributed by atoms with E-state index < -0.39 is 0 Å². The van der Waals surface area contributed by atoms with Crippen LogP contribution < -0.4 is 15.4 Å². The lowest BCUT2D eigenvalue weighted by atomic mass is 10.1. The van der Waals surface area contributed by atoms with E-state index in [1.54, 1.807) is 0 Å². The number of nitrogens with zero attached hydrogens (tertiary/aromatic N) is 1. The first-order chi connectivity index (χ1) is 14.8. The van der Waals surface area contributed by atoms with Crippen LogP contribution in [-0.4, -0.2) is 17.0 Å². The van der Waals surface area contributed by atoms with Gasteiger partial charge in [-0.15, -0.1) is 0 Å². The molecule has 0 saturated carbocycles. The number of aromatic amines is 1. The summed E-state index contributed by atoms with van der Waals surface area (Å²) in [6, 6.07) is 26.2. The van der Waals surface area contributed by atoms with Gasteiger partial charge in [-0.05, 0) is 42.0 Å². The molecule has 0 aliphatic carbocycles. The number of para-hydroxylation sites is 2. The molecule has 2 heterocycles. The van der Waals surface area contributed by atoms with Gasteiger partial charge in [0.15, 0.2) is 0 Å². The maximum atomic E-state index is 5.93. The lowest BCUT2D eigenvalue weighted by Crippen LogP contribution is -2.01. The minimum atomic E-state index is 0.661. The van der Waals surface area contributed by atoms with Gasteiger partial charge in [0.25, 0.3) is 0 Å². The zero-order valence-corrected chi connectivity index (χ0v) is 16.6. The fourth-order valence-corrected chi connectivity index (χ4v) is 3.67. The van der Waals surface area contributed by atoms with Gasteiger partial charge in [0.1, 0.15) is 17.3 Å². The molecule has 0 aliphatic rings. The van der Waals surface area contributed by atoms with Gasteiger partial charge in [-0.1, -0.05) is 42.5 Å². The SMILES string of the molecule is CNc1cccc2c1[nH]c1cnc(NCc3cccc(Oc4ccccc4)c3)cc12. The Bertz CT molecular complexity index is 1310. The lowest BCUT2D eigenvalue weighted by Gasteiger charge is -2.09. The summed E-state index contributed by atoms with van der Waals surface area (Å²) >= 11 is 0. The molecular formula is C25H22N4O. The molecule has 2 aromatic heterocycles. The average molecular weight is 394 g/mol. The van der Waals surface area contributed by atoms with Crippen LogP contribution in [0, 0.1) is 0 Å². The van der Waals surface area contributed by atoms with Crippen LogP contribution in [0.1, 0.15) is 5.56 Å². The van der Waals surface area contributed by atoms with Gasteiger partial charge in [-0.25, -0.2) is 4.98 Å². The second kappa shape index (κ2) is 7.79. The largest absolute Gasteiger partial charge is 0.457 e. The van der Waals surface area contributed by atoms with Gasteiger partial charge in [0.2, 0.25) is 0 Å². The highest BCUT2D eigenvalue weighted by Crippen LogP contribution is 2.31. The standard InChI is InChI=1S/C25H22N4O/c1-26-22-12-6-11-20-21-14-24(28-16-23(21)29-25(20)22)27-15-17-7-5-10-19(13-17)30-18-8-3-2-4-9-18/h2-14,16,26,29H,15H2,1H3,(H,27,28). The van der Waals surface area contributed by atoms with Crippen molar-refractivity contribution in [2.75, 3.05) is 17.7 Å². The Balaban J connectivity index is 1.36. The molecule has 3 aromatic carbocycles. The minimum Gasteiger partial charge on any atom is -0.457 e. The molecule has 5 heteroatoms. The van der Waals surface area contributed by atoms with Crippen LogP contribution in [0.3, 0.4) is 0 Å². The summed E-state index contributed by atoms with van der Waals surface area (Å²) in [7, 11) is 1.93. The molecule has 0 saturated heterocycles. The van der Waals surface area contributed by atoms with Crippen molar-refractivity contribution in [3.8, 4) is 11.5 Å². The third-order valence-corrected chi connectivity index (χ3v) is 5.14. The molecule has 0 fully saturated rings. The maximum absolute atomic E-state index is 5.93. The molecule has 0 radical (unpaired) electrons. The van der Waals surface area contributed by atoms with Crippen molar-refractivity contribution in [3.63, 3.8) is 0 Å². The molecule has 5 nitrogen and oxygen atoms in total. The number of aromatic nitrogens is 2. The van der Waals surface area contributed by atoms with E-state index in [9.17, 15) is 0 Å². The zero-order valence-electron chi connectivity index (χ0n) is 16.6. The van der Waals surface area contributed by atoms with E-state index in [0.29, 0.717) is 6.54 Å². The summed E-state index contributed by atoms with van der Waals surface area (Å²) in [5, 5.41) is 9.00. The molecule has 0 spiro atoms. The number of ether oxygens (including phenoxy) is 1. The van der Waals surface area contributed by atoms with Crippen LogP contribution in [-0.2, 0) is 6.54 Å². The van der Waals surface area contributed by atoms with Crippen molar-refractivity contribution < 1.29 is 4.74 Å². The Morgan fingerprint density at radius 1 is 0.867 bits per heavy atom. The van der Waals surface area contributed by atoms with Gasteiger partial charge in [-0.2, -0.15) is 0 Å². The first-order valence-corrected chi connectivity index (χ1v) is 9.94. The van der Waals surface area contributed by atoms with Gasteiger partial charge >= 0.3 is 0 Å². The molecule has 0 unspecified atom stereocenters. The second-order valence-electron chi connectivity index (χ2n) is 7.13. The van der Waals surface area contributed by atoms with Gasteiger partial charge in [0.05, 0.1) is 22.9 Å². The molecule has 5 rings (SSSR count). The van der Waals surface area contributed by atoms with Crippen molar-refractivity contribution in [1.82, 2.24) is 9.97 Å². The molecule has 0 bridgehead atoms. The van der Waals surface area contributed by atoms with Crippen LogP contribution >= 0.6 is 0 Å². The minimum absolute atomic E-state index is 0.661. The number of anilines is 2. The molecule has 5 aromatic rings. The van der Waals surface area contributed by atoms with Crippen molar-refractivity contribution in [2.24, 2.45) is 0 Å². The third kappa shape index (κ3) is 3.53. The van der Waals surface area contributed by atoms with Crippen LogP contribution in [0.5, 0.6) is 11.5 Å². The van der Waals surface area contributed by atoms with Crippen LogP contribution in [0.25, 0.3) is 21.8 Å². The summed E-state index contributed by atoms with van der Waals surface area (Å²) in [4.78, 5) is 8.03. The fourth-order valence-electron chi connectivity index (χ4n) is 3.67. The number of H-pyrrole nitrogens is 1. The van der Waals surface area contributed by atoms with Crippen LogP contribution in [0.4, 0.5) is 11.5 Å². The van der Waals surface area contributed by atoms with E-state index in [4.69, 9.17) is 4.74 Å². The van der Waals surface area contributed by atoms with E-state index in [2.05, 4.69) is 50.9 Å². The number of benzene rings is 3. The van der Waals surface area contributed by atoms with E-state index in [1.807, 2.05) is 61.8 Å². The Morgan fingerprint density at radius 2 is 1.70 bits per heavy atom. The van der Waals surface area contributed by atoms with Crippen molar-refractivity contribution in [1.29, 1.82) is 0 Å². The van der Waals surface area contributed by atoms with Crippen LogP contribution in [0.2, 0.25) is 0 Å². The summed E-state index contributed by atoms with van der Waals surface area (Å²) in [6.07, 6.45) is 1.88. The Hall–Kier alpha value is -3.99. The zero-order chi connectivity index (χ0) is 20.3. The maximum Gasteiger partial charge on any atom is 0.127 e. The van der Waals surface area contributed by atoms with Gasteiger partial charge in [0, 0.05) is 24.4 Å². The smallest absolute Gasteiger partial charge is 0.127 e. The monoisotopic (exact) mass is 394 g/mol. The van der Waals surface area contributed by atoms with Gasteiger partial charge in [-0.3, -0.25) is 0 Å². The van der Waals surface area contributed by atoms with E-state index in [1.165, 1.54) is 5.39 Å². The molecule has 0 amide bonds. The quantitative estimate of drug-likeness (QED) is 0.323. The third-order valence-electron chi connectivity index (χ3n) is 5.14. The summed E-state index contributed by atoms with van der Waals surface area (Å²) in [5.74, 6) is 2.49. The number of nitrogens with one attached hydrogen (secondary N) is 3. The predicted molar refractivity (Wildman–Crippen MR) is 123 cm³/mol. The number of hydrogen-bond donors (Lipinski definition) is 3. The van der Waals surface area contributed by atoms with Crippen molar-refractivity contribution in [3.05, 3.63) is 90.6 Å². The lowest BCUT2D eigenvalue weighted by molar-refractivity contribution is 0.482. The molecule has 0 aliphatic heterocycles. The number of fused-ring (bicyclic) bond motifs is 3. The second-order valence-corrected chi connectivity index (χ2v) is 7.13. The molecular weight excluding hydrogens is 372 g/mol. The van der Waals surface area contributed by atoms with Gasteiger partial charge < -0.3 is 20.4 Å². The predicted octanol–water partition coefficient (Wildman–Crippen LogP) is 6.16. The molecule has 0 atom stereocenters. The Morgan fingerprint density at radius 3 is 2.57 bits per heavy atom. The van der Waals surface area contributed by atoms with E-state index in [-0.39, 0.29) is 0 Å². The fraction of sp³-hybridized carbons (Fsp3) is 0.0800.